The van der Waals surface area contributed by atoms with Crippen molar-refractivity contribution in [2.24, 2.45) is 5.73 Å². The van der Waals surface area contributed by atoms with Crippen molar-refractivity contribution < 1.29 is 22.8 Å². The molecule has 2 unspecified atom stereocenters. The van der Waals surface area contributed by atoms with E-state index in [1.54, 1.807) is 13.8 Å². The van der Waals surface area contributed by atoms with Gasteiger partial charge in [0.2, 0.25) is 0 Å². The Hall–Kier alpha value is 0.792. The molecule has 122 valence electrons. The lowest BCUT2D eigenvalue weighted by atomic mass is 10.4. The largest absolute Gasteiger partial charge is 0.428 e. The molecule has 0 aromatic rings. The Balaban J connectivity index is 0. The number of nitrogens with two attached hydrogens (primary N) is 1. The summed E-state index contributed by atoms with van der Waals surface area (Å²) in [4.78, 5) is 0. The number of hydrogen-bond donors (Lipinski definition) is 2. The molecule has 0 amide bonds. The molecule has 0 aromatic carbocycles. The summed E-state index contributed by atoms with van der Waals surface area (Å²) >= 11 is 0. The van der Waals surface area contributed by atoms with Crippen LogP contribution < -0.4 is 11.2 Å². The fourth-order valence-corrected chi connectivity index (χ4v) is 6.39. The molecule has 0 aromatic heterocycles. The summed E-state index contributed by atoms with van der Waals surface area (Å²) in [5.41, 5.74) is 7.74. The lowest BCUT2D eigenvalue weighted by Gasteiger charge is -2.25. The molecule has 0 saturated heterocycles. The third-order valence-electron chi connectivity index (χ3n) is 2.28. The lowest BCUT2D eigenvalue weighted by Crippen LogP contribution is -2.22. The van der Waals surface area contributed by atoms with Crippen LogP contribution in [0, 0.1) is 0 Å². The molecule has 2 atom stereocenters. The van der Waals surface area contributed by atoms with E-state index >= 15 is 0 Å². The zero-order valence-corrected chi connectivity index (χ0v) is 13.8. The maximum Gasteiger partial charge on any atom is 0.428 e. The second-order valence-corrected chi connectivity index (χ2v) is 10.6. The predicted octanol–water partition coefficient (Wildman–Crippen LogP) is 1.54. The number of unbranched alkanes of at least 4 members (excludes halogenated alkanes) is 1. The minimum atomic E-state index is -3.85. The van der Waals surface area contributed by atoms with Crippen LogP contribution in [0.2, 0.25) is 0 Å². The first-order valence-corrected chi connectivity index (χ1v) is 10.7. The van der Waals surface area contributed by atoms with Crippen molar-refractivity contribution in [2.45, 2.75) is 33.6 Å². The van der Waals surface area contributed by atoms with Crippen LogP contribution in [-0.4, -0.2) is 49.8 Å². The van der Waals surface area contributed by atoms with Crippen molar-refractivity contribution in [2.75, 3.05) is 32.5 Å². The second-order valence-electron chi connectivity index (χ2n) is 3.80. The molecule has 0 rings (SSSR count). The van der Waals surface area contributed by atoms with Crippen LogP contribution in [0.25, 0.3) is 0 Å². The van der Waals surface area contributed by atoms with E-state index in [2.05, 4.69) is 5.48 Å². The minimum Gasteiger partial charge on any atom is -0.329 e. The summed E-state index contributed by atoms with van der Waals surface area (Å²) in [6, 6.07) is 0. The third kappa shape index (κ3) is 7.18. The average molecular weight is 346 g/mol. The molecule has 3 N–H and O–H groups in total. The van der Waals surface area contributed by atoms with Gasteiger partial charge in [-0.1, -0.05) is 20.3 Å². The van der Waals surface area contributed by atoms with Crippen LogP contribution in [0.4, 0.5) is 0 Å². The highest BCUT2D eigenvalue weighted by Gasteiger charge is 2.47. The molecule has 0 bridgehead atoms. The molecule has 0 spiro atoms. The fourth-order valence-electron chi connectivity index (χ4n) is 1.22. The van der Waals surface area contributed by atoms with Crippen molar-refractivity contribution in [3.63, 3.8) is 0 Å². The van der Waals surface area contributed by atoms with Crippen molar-refractivity contribution in [3.05, 3.63) is 0 Å². The van der Waals surface area contributed by atoms with Gasteiger partial charge in [-0.3, -0.25) is 4.57 Å². The van der Waals surface area contributed by atoms with Crippen LogP contribution in [0.5, 0.6) is 0 Å². The van der Waals surface area contributed by atoms with E-state index in [1.807, 2.05) is 6.92 Å². The van der Waals surface area contributed by atoms with Crippen LogP contribution in [0.1, 0.15) is 33.6 Å². The molecule has 0 aliphatic rings. The summed E-state index contributed by atoms with van der Waals surface area (Å²) in [5, 5.41) is 0. The molecular formula is C10H29AlN2O5P2. The van der Waals surface area contributed by atoms with Gasteiger partial charge in [0.25, 0.3) is 0 Å². The van der Waals surface area contributed by atoms with E-state index in [0.29, 0.717) is 13.0 Å². The molecule has 0 saturated carbocycles. The van der Waals surface area contributed by atoms with Gasteiger partial charge in [0.15, 0.2) is 17.4 Å². The van der Waals surface area contributed by atoms with Gasteiger partial charge in [0.05, 0.1) is 13.2 Å². The summed E-state index contributed by atoms with van der Waals surface area (Å²) in [6.07, 6.45) is 1.68. The summed E-state index contributed by atoms with van der Waals surface area (Å²) in [5.74, 6) is 0. The van der Waals surface area contributed by atoms with Gasteiger partial charge in [-0.2, -0.15) is 5.48 Å². The molecule has 20 heavy (non-hydrogen) atoms. The second kappa shape index (κ2) is 12.3. The molecular weight excluding hydrogens is 317 g/mol. The lowest BCUT2D eigenvalue weighted by molar-refractivity contribution is 0.146. The molecule has 0 aliphatic heterocycles. The number of hydroxylamine groups is 1. The van der Waals surface area contributed by atoms with E-state index in [4.69, 9.17) is 19.4 Å². The van der Waals surface area contributed by atoms with Gasteiger partial charge in [0, 0.05) is 19.3 Å². The van der Waals surface area contributed by atoms with E-state index in [1.165, 1.54) is 0 Å². The van der Waals surface area contributed by atoms with Gasteiger partial charge in [-0.15, -0.1) is 0 Å². The topological polar surface area (TPSA) is 99.9 Å². The molecule has 0 heterocycles. The summed E-state index contributed by atoms with van der Waals surface area (Å²) < 4.78 is 40.7. The summed E-state index contributed by atoms with van der Waals surface area (Å²) in [7, 11) is -7.35. The van der Waals surface area contributed by atoms with Gasteiger partial charge in [-0.25, -0.2) is 9.19 Å². The van der Waals surface area contributed by atoms with Crippen molar-refractivity contribution in [3.8, 4) is 0 Å². The van der Waals surface area contributed by atoms with E-state index in [0.717, 1.165) is 6.42 Å². The Morgan fingerprint density at radius 3 is 2.25 bits per heavy atom. The summed E-state index contributed by atoms with van der Waals surface area (Å²) in [6.45, 7) is 6.30. The standard InChI is InChI=1S/C10H26N2O5P2.Al.3H/c1-4-7-10-16-19(14,17-12-9-8-11)18(13,6-3)15-5-2;;;;/h12H,4-11H2,1-3H3;;;;. The van der Waals surface area contributed by atoms with Gasteiger partial charge < -0.3 is 14.8 Å². The van der Waals surface area contributed by atoms with Gasteiger partial charge in [0.1, 0.15) is 0 Å². The number of nitrogens with one attached hydrogen (secondary N) is 1. The molecule has 10 heteroatoms. The Kier molecular flexibility index (Phi) is 14.2. The van der Waals surface area contributed by atoms with Gasteiger partial charge >= 0.3 is 14.3 Å². The van der Waals surface area contributed by atoms with E-state index in [9.17, 15) is 9.13 Å². The quantitative estimate of drug-likeness (QED) is 0.239. The highest BCUT2D eigenvalue weighted by molar-refractivity contribution is 8.29. The van der Waals surface area contributed by atoms with Crippen LogP contribution >= 0.6 is 14.3 Å². The highest BCUT2D eigenvalue weighted by atomic mass is 32.1. The van der Waals surface area contributed by atoms with Crippen molar-refractivity contribution >= 4 is 31.7 Å². The highest BCUT2D eigenvalue weighted by Crippen LogP contribution is 2.82. The number of hydrogen-bond acceptors (Lipinski definition) is 7. The molecule has 7 nitrogen and oxygen atoms in total. The zero-order chi connectivity index (χ0) is 14.8. The molecule has 0 radical (unpaired) electrons. The van der Waals surface area contributed by atoms with Crippen molar-refractivity contribution in [1.29, 1.82) is 0 Å². The molecule has 0 fully saturated rings. The maximum atomic E-state index is 12.7. The van der Waals surface area contributed by atoms with E-state index < -0.39 is 14.3 Å². The monoisotopic (exact) mass is 346 g/mol. The van der Waals surface area contributed by atoms with E-state index in [-0.39, 0.29) is 43.3 Å². The third-order valence-corrected chi connectivity index (χ3v) is 9.38. The van der Waals surface area contributed by atoms with Crippen LogP contribution in [-0.2, 0) is 22.8 Å². The Labute approximate surface area is 132 Å². The smallest absolute Gasteiger partial charge is 0.329 e. The molecule has 0 aliphatic carbocycles. The van der Waals surface area contributed by atoms with Crippen molar-refractivity contribution in [1.82, 2.24) is 5.48 Å². The minimum absolute atomic E-state index is 0. The zero-order valence-electron chi connectivity index (χ0n) is 12.0. The van der Waals surface area contributed by atoms with Crippen LogP contribution in [0.15, 0.2) is 0 Å². The Morgan fingerprint density at radius 1 is 1.15 bits per heavy atom. The predicted molar refractivity (Wildman–Crippen MR) is 86.3 cm³/mol. The normalized spacial score (nSPS) is 17.0. The maximum absolute atomic E-state index is 12.7. The first-order valence-electron chi connectivity index (χ1n) is 6.59. The average Bonchev–Trinajstić information content (AvgIpc) is 2.39. The SMILES string of the molecule is CCCCOP(=O)(ONCCN)P(=O)(CC)OCC.[AlH3]. The first kappa shape index (κ1) is 23.1. The Morgan fingerprint density at radius 2 is 1.80 bits per heavy atom. The number of rotatable bonds is 12. The van der Waals surface area contributed by atoms with Gasteiger partial charge in [-0.05, 0) is 13.3 Å². The Bertz CT molecular complexity index is 319. The fraction of sp³-hybridized carbons (Fsp3) is 1.00. The first-order chi connectivity index (χ1) is 8.99. The van der Waals surface area contributed by atoms with Crippen LogP contribution in [0.3, 0.4) is 0 Å².